The Labute approximate surface area is 76.3 Å². The van der Waals surface area contributed by atoms with Crippen LogP contribution in [0.25, 0.3) is 0 Å². The Bertz CT molecular complexity index is 209. The van der Waals surface area contributed by atoms with E-state index in [1.165, 1.54) is 20.8 Å². The zero-order valence-electron chi connectivity index (χ0n) is 7.90. The van der Waals surface area contributed by atoms with Crippen molar-refractivity contribution in [1.29, 1.82) is 0 Å². The van der Waals surface area contributed by atoms with E-state index in [4.69, 9.17) is 10.2 Å². The molecule has 0 saturated heterocycles. The zero-order chi connectivity index (χ0) is 10.6. The van der Waals surface area contributed by atoms with Gasteiger partial charge in [0.15, 0.2) is 0 Å². The summed E-state index contributed by atoms with van der Waals surface area (Å²) < 4.78 is 4.26. The predicted molar refractivity (Wildman–Crippen MR) is 43.4 cm³/mol. The molecule has 0 spiro atoms. The molecular weight excluding hydrogens is 176 g/mol. The maximum Gasteiger partial charge on any atom is 0.324 e. The molecule has 5 nitrogen and oxygen atoms in total. The van der Waals surface area contributed by atoms with Gasteiger partial charge in [0.25, 0.3) is 0 Å². The van der Waals surface area contributed by atoms with Gasteiger partial charge in [-0.1, -0.05) is 6.92 Å². The molecule has 0 aromatic heterocycles. The Kier molecular flexibility index (Phi) is 4.03. The molecule has 0 aromatic rings. The van der Waals surface area contributed by atoms with E-state index in [2.05, 4.69) is 4.74 Å². The number of esters is 1. The number of ether oxygens (including phenoxy) is 1. The van der Waals surface area contributed by atoms with E-state index in [0.29, 0.717) is 0 Å². The predicted octanol–water partition coefficient (Wildman–Crippen LogP) is -0.197. The molecule has 0 fully saturated rings. The molecule has 0 heterocycles. The lowest BCUT2D eigenvalue weighted by Gasteiger charge is -2.20. The normalized spacial score (nSPS) is 13.6. The van der Waals surface area contributed by atoms with Crippen molar-refractivity contribution in [2.45, 2.75) is 33.2 Å². The lowest BCUT2D eigenvalue weighted by molar-refractivity contribution is -0.321. The van der Waals surface area contributed by atoms with Crippen molar-refractivity contribution in [3.05, 3.63) is 0 Å². The highest BCUT2D eigenvalue weighted by Crippen LogP contribution is 2.11. The van der Waals surface area contributed by atoms with Gasteiger partial charge in [-0.2, -0.15) is 0 Å². The fourth-order valence-electron chi connectivity index (χ4n) is 0.488. The van der Waals surface area contributed by atoms with E-state index in [1.54, 1.807) is 0 Å². The standard InChI is InChI=1S/C8H14O5/c1-4-8(11,12)13-7(10)5(2)6(3)9/h5,11-12H,4H2,1-3H3. The van der Waals surface area contributed by atoms with Crippen LogP contribution < -0.4 is 0 Å². The molecule has 5 heteroatoms. The number of Topliss-reactive ketones (excluding diaryl/α,β-unsaturated/α-hetero) is 1. The topological polar surface area (TPSA) is 83.8 Å². The number of carbonyl (C=O) groups excluding carboxylic acids is 2. The number of hydrogen-bond acceptors (Lipinski definition) is 5. The molecule has 0 aliphatic heterocycles. The number of aliphatic hydroxyl groups is 2. The average Bonchev–Trinajstić information content (AvgIpc) is 2.02. The molecule has 1 unspecified atom stereocenters. The fourth-order valence-corrected chi connectivity index (χ4v) is 0.488. The van der Waals surface area contributed by atoms with E-state index in [1.807, 2.05) is 0 Å². The summed E-state index contributed by atoms with van der Waals surface area (Å²) in [7, 11) is 0. The van der Waals surface area contributed by atoms with Crippen molar-refractivity contribution < 1.29 is 24.5 Å². The van der Waals surface area contributed by atoms with Crippen molar-refractivity contribution in [3.63, 3.8) is 0 Å². The van der Waals surface area contributed by atoms with Crippen LogP contribution in [0.2, 0.25) is 0 Å². The summed E-state index contributed by atoms with van der Waals surface area (Å²) >= 11 is 0. The highest BCUT2D eigenvalue weighted by atomic mass is 16.8. The lowest BCUT2D eigenvalue weighted by Crippen LogP contribution is -2.37. The minimum absolute atomic E-state index is 0.149. The summed E-state index contributed by atoms with van der Waals surface area (Å²) in [6.45, 7) is 4.01. The maximum absolute atomic E-state index is 11.0. The molecule has 0 amide bonds. The van der Waals surface area contributed by atoms with Gasteiger partial charge in [0.1, 0.15) is 11.7 Å². The van der Waals surface area contributed by atoms with Crippen LogP contribution >= 0.6 is 0 Å². The Hall–Kier alpha value is -0.940. The van der Waals surface area contributed by atoms with Gasteiger partial charge in [-0.05, 0) is 13.8 Å². The Morgan fingerprint density at radius 2 is 1.92 bits per heavy atom. The molecule has 0 radical (unpaired) electrons. The van der Waals surface area contributed by atoms with Crippen molar-refractivity contribution in [2.75, 3.05) is 0 Å². The summed E-state index contributed by atoms with van der Waals surface area (Å²) in [5, 5.41) is 17.9. The van der Waals surface area contributed by atoms with Crippen molar-refractivity contribution in [1.82, 2.24) is 0 Å². The third-order valence-electron chi connectivity index (χ3n) is 1.69. The van der Waals surface area contributed by atoms with Gasteiger partial charge >= 0.3 is 11.9 Å². The Balaban J connectivity index is 4.23. The first-order valence-electron chi connectivity index (χ1n) is 3.98. The number of ketones is 1. The van der Waals surface area contributed by atoms with Crippen LogP contribution in [0, 0.1) is 5.92 Å². The third kappa shape index (κ3) is 4.00. The van der Waals surface area contributed by atoms with Crippen molar-refractivity contribution in [2.24, 2.45) is 5.92 Å². The maximum atomic E-state index is 11.0. The van der Waals surface area contributed by atoms with Crippen molar-refractivity contribution >= 4 is 11.8 Å². The summed E-state index contributed by atoms with van der Waals surface area (Å²) in [5.74, 6) is -4.75. The van der Waals surface area contributed by atoms with Gasteiger partial charge in [0.05, 0.1) is 0 Å². The average molecular weight is 190 g/mol. The monoisotopic (exact) mass is 190 g/mol. The Morgan fingerprint density at radius 1 is 1.46 bits per heavy atom. The molecule has 76 valence electrons. The molecule has 1 atom stereocenters. The van der Waals surface area contributed by atoms with Crippen LogP contribution in [0.15, 0.2) is 0 Å². The van der Waals surface area contributed by atoms with Crippen LogP contribution in [0.4, 0.5) is 0 Å². The molecule has 0 bridgehead atoms. The Morgan fingerprint density at radius 3 is 2.23 bits per heavy atom. The summed E-state index contributed by atoms with van der Waals surface area (Å²) in [6.07, 6.45) is -0.149. The van der Waals surface area contributed by atoms with Gasteiger partial charge < -0.3 is 14.9 Å². The highest BCUT2D eigenvalue weighted by molar-refractivity contribution is 5.97. The fraction of sp³-hybridized carbons (Fsp3) is 0.750. The summed E-state index contributed by atoms with van der Waals surface area (Å²) in [4.78, 5) is 21.7. The van der Waals surface area contributed by atoms with Crippen LogP contribution in [0.5, 0.6) is 0 Å². The second-order valence-corrected chi connectivity index (χ2v) is 2.85. The second kappa shape index (κ2) is 4.34. The molecule has 0 aliphatic rings. The smallest absolute Gasteiger partial charge is 0.324 e. The third-order valence-corrected chi connectivity index (χ3v) is 1.69. The molecule has 0 saturated carbocycles. The molecular formula is C8H14O5. The first kappa shape index (κ1) is 12.1. The number of hydrogen-bond donors (Lipinski definition) is 2. The summed E-state index contributed by atoms with van der Waals surface area (Å²) in [5.41, 5.74) is 0. The van der Waals surface area contributed by atoms with E-state index in [-0.39, 0.29) is 12.2 Å². The minimum atomic E-state index is -2.47. The quantitative estimate of drug-likeness (QED) is 0.364. The van der Waals surface area contributed by atoms with Gasteiger partial charge in [-0.25, -0.2) is 0 Å². The molecule has 0 aliphatic carbocycles. The first-order valence-corrected chi connectivity index (χ1v) is 3.98. The van der Waals surface area contributed by atoms with Gasteiger partial charge in [-0.15, -0.1) is 0 Å². The molecule has 13 heavy (non-hydrogen) atoms. The van der Waals surface area contributed by atoms with E-state index in [0.717, 1.165) is 0 Å². The van der Waals surface area contributed by atoms with Crippen LogP contribution in [-0.4, -0.2) is 27.9 Å². The lowest BCUT2D eigenvalue weighted by atomic mass is 10.1. The number of carbonyl (C=O) groups is 2. The van der Waals surface area contributed by atoms with Crippen LogP contribution in [0.1, 0.15) is 27.2 Å². The largest absolute Gasteiger partial charge is 0.408 e. The van der Waals surface area contributed by atoms with Gasteiger partial charge in [0, 0.05) is 6.42 Å². The SMILES string of the molecule is CCC(O)(O)OC(=O)C(C)C(C)=O. The van der Waals surface area contributed by atoms with Crippen LogP contribution in [-0.2, 0) is 14.3 Å². The number of rotatable bonds is 4. The van der Waals surface area contributed by atoms with Gasteiger partial charge in [0.2, 0.25) is 0 Å². The minimum Gasteiger partial charge on any atom is -0.408 e. The zero-order valence-corrected chi connectivity index (χ0v) is 7.90. The van der Waals surface area contributed by atoms with Crippen LogP contribution in [0.3, 0.4) is 0 Å². The molecule has 0 aromatic carbocycles. The summed E-state index contributed by atoms with van der Waals surface area (Å²) in [6, 6.07) is 0. The molecule has 0 rings (SSSR count). The highest BCUT2D eigenvalue weighted by Gasteiger charge is 2.30. The first-order chi connectivity index (χ1) is 5.80. The van der Waals surface area contributed by atoms with Crippen molar-refractivity contribution in [3.8, 4) is 0 Å². The molecule has 2 N–H and O–H groups in total. The second-order valence-electron chi connectivity index (χ2n) is 2.85. The van der Waals surface area contributed by atoms with E-state index >= 15 is 0 Å². The van der Waals surface area contributed by atoms with E-state index in [9.17, 15) is 9.59 Å². The van der Waals surface area contributed by atoms with E-state index < -0.39 is 17.9 Å². The van der Waals surface area contributed by atoms with Gasteiger partial charge in [-0.3, -0.25) is 9.59 Å².